The largest absolute Gasteiger partial charge is 0.388 e. The summed E-state index contributed by atoms with van der Waals surface area (Å²) in [7, 11) is 3.95. The summed E-state index contributed by atoms with van der Waals surface area (Å²) in [5.74, 6) is 0. The third-order valence-electron chi connectivity index (χ3n) is 2.42. The van der Waals surface area contributed by atoms with E-state index < -0.39 is 0 Å². The molecule has 0 radical (unpaired) electrons. The van der Waals surface area contributed by atoms with Crippen molar-refractivity contribution in [3.63, 3.8) is 0 Å². The van der Waals surface area contributed by atoms with Crippen LogP contribution < -0.4 is 10.6 Å². The molecule has 0 aliphatic heterocycles. The summed E-state index contributed by atoms with van der Waals surface area (Å²) < 4.78 is 0. The molecule has 0 amide bonds. The lowest BCUT2D eigenvalue weighted by molar-refractivity contribution is 0.412. The van der Waals surface area contributed by atoms with E-state index >= 15 is 0 Å². The molecule has 1 rings (SSSR count). The number of hydrogen-bond acceptors (Lipinski definition) is 2. The van der Waals surface area contributed by atoms with Crippen molar-refractivity contribution in [3.8, 4) is 0 Å². The highest BCUT2D eigenvalue weighted by Crippen LogP contribution is 2.31. The molecule has 0 aromatic heterocycles. The van der Waals surface area contributed by atoms with Gasteiger partial charge in [-0.15, -0.1) is 0 Å². The normalized spacial score (nSPS) is 11.3. The molecule has 0 fully saturated rings. The highest BCUT2D eigenvalue weighted by Gasteiger charge is 2.16. The molecule has 0 aliphatic rings. The van der Waals surface area contributed by atoms with Crippen molar-refractivity contribution in [3.05, 3.63) is 23.8 Å². The maximum absolute atomic E-state index is 3.25. The van der Waals surface area contributed by atoms with Crippen LogP contribution in [0.15, 0.2) is 18.2 Å². The van der Waals surface area contributed by atoms with Gasteiger partial charge in [0.05, 0.1) is 0 Å². The molecule has 2 N–H and O–H groups in total. The summed E-state index contributed by atoms with van der Waals surface area (Å²) in [6, 6.07) is 6.33. The number of nitrogens with one attached hydrogen (secondary N) is 2. The van der Waals surface area contributed by atoms with Gasteiger partial charge in [0.25, 0.3) is 0 Å². The van der Waals surface area contributed by atoms with Crippen molar-refractivity contribution in [2.45, 2.75) is 27.2 Å². The first-order valence-electron chi connectivity index (χ1n) is 5.45. The van der Waals surface area contributed by atoms with Crippen LogP contribution in [0.1, 0.15) is 26.3 Å². The minimum Gasteiger partial charge on any atom is -0.388 e. The maximum Gasteiger partial charge on any atom is 0.0391 e. The molecule has 1 aromatic rings. The molecule has 2 nitrogen and oxygen atoms in total. The Bertz CT molecular complexity index is 302. The van der Waals surface area contributed by atoms with Gasteiger partial charge in [0.2, 0.25) is 0 Å². The smallest absolute Gasteiger partial charge is 0.0391 e. The Hall–Kier alpha value is -1.18. The maximum atomic E-state index is 3.25. The third kappa shape index (κ3) is 3.15. The number of benzene rings is 1. The topological polar surface area (TPSA) is 24.1 Å². The van der Waals surface area contributed by atoms with Crippen LogP contribution in [-0.4, -0.2) is 14.1 Å². The van der Waals surface area contributed by atoms with Gasteiger partial charge in [-0.2, -0.15) is 0 Å². The molecule has 1 aromatic carbocycles. The minimum atomic E-state index is 0.304. The van der Waals surface area contributed by atoms with Crippen molar-refractivity contribution in [1.29, 1.82) is 0 Å². The zero-order valence-corrected chi connectivity index (χ0v) is 10.4. The van der Waals surface area contributed by atoms with Crippen LogP contribution in [0.2, 0.25) is 0 Å². The number of anilines is 2. The first-order valence-corrected chi connectivity index (χ1v) is 5.45. The highest BCUT2D eigenvalue weighted by atomic mass is 14.9. The standard InChI is InChI=1S/C13H22N2/c1-13(2,3)9-10-11(14-4)7-6-8-12(10)15-5/h6-8,14-15H,9H2,1-5H3. The van der Waals surface area contributed by atoms with E-state index in [1.54, 1.807) is 0 Å². The molecular weight excluding hydrogens is 184 g/mol. The Morgan fingerprint density at radius 3 is 1.80 bits per heavy atom. The summed E-state index contributed by atoms with van der Waals surface area (Å²) in [5, 5.41) is 6.51. The van der Waals surface area contributed by atoms with E-state index in [1.807, 2.05) is 14.1 Å². The van der Waals surface area contributed by atoms with E-state index in [4.69, 9.17) is 0 Å². The molecule has 0 unspecified atom stereocenters. The Labute approximate surface area is 93.1 Å². The predicted octanol–water partition coefficient (Wildman–Crippen LogP) is 3.36. The van der Waals surface area contributed by atoms with Crippen LogP contribution in [0.5, 0.6) is 0 Å². The molecule has 0 saturated heterocycles. The van der Waals surface area contributed by atoms with Gasteiger partial charge in [0, 0.05) is 25.5 Å². The zero-order valence-electron chi connectivity index (χ0n) is 10.4. The van der Waals surface area contributed by atoms with Gasteiger partial charge in [0.1, 0.15) is 0 Å². The van der Waals surface area contributed by atoms with Crippen molar-refractivity contribution in [1.82, 2.24) is 0 Å². The van der Waals surface area contributed by atoms with Gasteiger partial charge in [-0.05, 0) is 29.5 Å². The predicted molar refractivity (Wildman–Crippen MR) is 68.7 cm³/mol. The van der Waals surface area contributed by atoms with E-state index in [0.29, 0.717) is 5.41 Å². The van der Waals surface area contributed by atoms with Gasteiger partial charge in [-0.3, -0.25) is 0 Å². The van der Waals surface area contributed by atoms with E-state index in [-0.39, 0.29) is 0 Å². The fourth-order valence-electron chi connectivity index (χ4n) is 1.78. The van der Waals surface area contributed by atoms with Crippen LogP contribution in [0.4, 0.5) is 11.4 Å². The number of hydrogen-bond donors (Lipinski definition) is 2. The minimum absolute atomic E-state index is 0.304. The number of rotatable bonds is 3. The van der Waals surface area contributed by atoms with Gasteiger partial charge in [-0.1, -0.05) is 26.8 Å². The van der Waals surface area contributed by atoms with E-state index in [1.165, 1.54) is 16.9 Å². The summed E-state index contributed by atoms with van der Waals surface area (Å²) in [5.41, 5.74) is 4.11. The Balaban J connectivity index is 3.11. The Morgan fingerprint density at radius 2 is 1.47 bits per heavy atom. The molecule has 0 bridgehead atoms. The molecule has 0 saturated carbocycles. The third-order valence-corrected chi connectivity index (χ3v) is 2.42. The molecule has 0 aliphatic carbocycles. The first-order chi connectivity index (χ1) is 6.98. The van der Waals surface area contributed by atoms with Crippen molar-refractivity contribution in [2.75, 3.05) is 24.7 Å². The van der Waals surface area contributed by atoms with Crippen molar-refractivity contribution < 1.29 is 0 Å². The molecule has 2 heteroatoms. The quantitative estimate of drug-likeness (QED) is 0.792. The van der Waals surface area contributed by atoms with Gasteiger partial charge >= 0.3 is 0 Å². The Kier molecular flexibility index (Phi) is 3.61. The van der Waals surface area contributed by atoms with Gasteiger partial charge in [0.15, 0.2) is 0 Å². The van der Waals surface area contributed by atoms with Crippen molar-refractivity contribution >= 4 is 11.4 Å². The van der Waals surface area contributed by atoms with Crippen LogP contribution in [0.25, 0.3) is 0 Å². The van der Waals surface area contributed by atoms with E-state index in [9.17, 15) is 0 Å². The fraction of sp³-hybridized carbons (Fsp3) is 0.538. The fourth-order valence-corrected chi connectivity index (χ4v) is 1.78. The zero-order chi connectivity index (χ0) is 11.5. The summed E-state index contributed by atoms with van der Waals surface area (Å²) in [4.78, 5) is 0. The van der Waals surface area contributed by atoms with Crippen molar-refractivity contribution in [2.24, 2.45) is 5.41 Å². The van der Waals surface area contributed by atoms with Crippen LogP contribution >= 0.6 is 0 Å². The highest BCUT2D eigenvalue weighted by molar-refractivity contribution is 5.65. The molecule has 15 heavy (non-hydrogen) atoms. The van der Waals surface area contributed by atoms with Gasteiger partial charge in [-0.25, -0.2) is 0 Å². The molecule has 0 spiro atoms. The lowest BCUT2D eigenvalue weighted by Crippen LogP contribution is -2.12. The average Bonchev–Trinajstić information content (AvgIpc) is 2.16. The monoisotopic (exact) mass is 206 g/mol. The second-order valence-corrected chi connectivity index (χ2v) is 5.07. The lowest BCUT2D eigenvalue weighted by Gasteiger charge is -2.22. The first kappa shape index (κ1) is 11.9. The molecule has 0 atom stereocenters. The summed E-state index contributed by atoms with van der Waals surface area (Å²) in [6.45, 7) is 6.79. The Morgan fingerprint density at radius 1 is 1.00 bits per heavy atom. The SMILES string of the molecule is CNc1cccc(NC)c1CC(C)(C)C. The molecule has 84 valence electrons. The summed E-state index contributed by atoms with van der Waals surface area (Å²) in [6.07, 6.45) is 1.07. The van der Waals surface area contributed by atoms with Crippen LogP contribution in [-0.2, 0) is 6.42 Å². The average molecular weight is 206 g/mol. The van der Waals surface area contributed by atoms with Gasteiger partial charge < -0.3 is 10.6 Å². The lowest BCUT2D eigenvalue weighted by atomic mass is 9.86. The molecular formula is C13H22N2. The van der Waals surface area contributed by atoms with E-state index in [2.05, 4.69) is 49.6 Å². The molecule has 0 heterocycles. The summed E-state index contributed by atoms with van der Waals surface area (Å²) >= 11 is 0. The second kappa shape index (κ2) is 4.56. The second-order valence-electron chi connectivity index (χ2n) is 5.07. The van der Waals surface area contributed by atoms with E-state index in [0.717, 1.165) is 6.42 Å². The van der Waals surface area contributed by atoms with Crippen LogP contribution in [0, 0.1) is 5.41 Å². The van der Waals surface area contributed by atoms with Crippen LogP contribution in [0.3, 0.4) is 0 Å².